The fourth-order valence-corrected chi connectivity index (χ4v) is 1.90. The van der Waals surface area contributed by atoms with Crippen LogP contribution in [0.3, 0.4) is 0 Å². The number of hydrogen-bond donors (Lipinski definition) is 1. The Bertz CT molecular complexity index is 152. The summed E-state index contributed by atoms with van der Waals surface area (Å²) in [4.78, 5) is 0. The van der Waals surface area contributed by atoms with Gasteiger partial charge < -0.3 is 5.32 Å². The predicted octanol–water partition coefficient (Wildman–Crippen LogP) is 5.07. The summed E-state index contributed by atoms with van der Waals surface area (Å²) in [5.74, 6) is 0. The van der Waals surface area contributed by atoms with Gasteiger partial charge in [0.1, 0.15) is 0 Å². The molecule has 1 heteroatoms. The Hall–Kier alpha value is -0.300. The molecule has 0 fully saturated rings. The molecule has 0 atom stereocenters. The molecule has 0 aliphatic heterocycles. The Balaban J connectivity index is 2.96. The van der Waals surface area contributed by atoms with E-state index in [1.807, 2.05) is 0 Å². The van der Waals surface area contributed by atoms with Crippen molar-refractivity contribution in [2.45, 2.75) is 78.1 Å². The van der Waals surface area contributed by atoms with E-state index in [-0.39, 0.29) is 0 Å². The standard InChI is InChI=1S/C16H33N/c1-3-5-7-9-11-13-15-17-16-14-12-10-8-6-4-2/h9,11,17H,3-8,10,12-16H2,1-2H3/b11-9+. The second kappa shape index (κ2) is 15.7. The SMILES string of the molecule is CCCC/C=C/CCNCCCCCCCC. The molecule has 0 aliphatic carbocycles. The molecular weight excluding hydrogens is 206 g/mol. The second-order valence-corrected chi connectivity index (χ2v) is 4.92. The van der Waals surface area contributed by atoms with Gasteiger partial charge in [-0.3, -0.25) is 0 Å². The van der Waals surface area contributed by atoms with Gasteiger partial charge in [0, 0.05) is 0 Å². The molecule has 0 spiro atoms. The highest BCUT2D eigenvalue weighted by molar-refractivity contribution is 4.81. The molecule has 1 N–H and O–H groups in total. The lowest BCUT2D eigenvalue weighted by Gasteiger charge is -2.02. The van der Waals surface area contributed by atoms with E-state index in [4.69, 9.17) is 0 Å². The molecule has 0 aromatic rings. The van der Waals surface area contributed by atoms with E-state index in [2.05, 4.69) is 31.3 Å². The largest absolute Gasteiger partial charge is 0.316 e. The van der Waals surface area contributed by atoms with Crippen LogP contribution in [0.15, 0.2) is 12.2 Å². The van der Waals surface area contributed by atoms with Gasteiger partial charge in [-0.25, -0.2) is 0 Å². The Kier molecular flexibility index (Phi) is 15.4. The molecule has 0 amide bonds. The lowest BCUT2D eigenvalue weighted by Crippen LogP contribution is -2.15. The smallest absolute Gasteiger partial charge is 0.00143 e. The zero-order chi connectivity index (χ0) is 12.6. The Morgan fingerprint density at radius 1 is 0.647 bits per heavy atom. The van der Waals surface area contributed by atoms with E-state index >= 15 is 0 Å². The molecule has 0 rings (SSSR count). The fourth-order valence-electron chi connectivity index (χ4n) is 1.90. The minimum atomic E-state index is 1.15. The van der Waals surface area contributed by atoms with E-state index in [1.165, 1.54) is 70.8 Å². The maximum absolute atomic E-state index is 3.52. The van der Waals surface area contributed by atoms with Crippen molar-refractivity contribution in [3.8, 4) is 0 Å². The first kappa shape index (κ1) is 16.7. The van der Waals surface area contributed by atoms with Crippen LogP contribution in [0.1, 0.15) is 78.1 Å². The molecule has 102 valence electrons. The third-order valence-electron chi connectivity index (χ3n) is 3.09. The number of rotatable bonds is 13. The first-order chi connectivity index (χ1) is 8.41. The van der Waals surface area contributed by atoms with E-state index in [9.17, 15) is 0 Å². The van der Waals surface area contributed by atoms with Gasteiger partial charge in [0.2, 0.25) is 0 Å². The Morgan fingerprint density at radius 2 is 1.29 bits per heavy atom. The summed E-state index contributed by atoms with van der Waals surface area (Å²) in [6.07, 6.45) is 18.1. The van der Waals surface area contributed by atoms with Crippen LogP contribution in [-0.4, -0.2) is 13.1 Å². The number of unbranched alkanes of at least 4 members (excludes halogenated alkanes) is 7. The van der Waals surface area contributed by atoms with Crippen LogP contribution in [0.25, 0.3) is 0 Å². The summed E-state index contributed by atoms with van der Waals surface area (Å²) >= 11 is 0. The lowest BCUT2D eigenvalue weighted by molar-refractivity contribution is 0.574. The third kappa shape index (κ3) is 15.7. The maximum atomic E-state index is 3.52. The Labute approximate surface area is 109 Å². The summed E-state index contributed by atoms with van der Waals surface area (Å²) in [6, 6.07) is 0. The predicted molar refractivity (Wildman–Crippen MR) is 79.5 cm³/mol. The van der Waals surface area contributed by atoms with Gasteiger partial charge in [-0.15, -0.1) is 0 Å². The molecule has 0 aromatic heterocycles. The number of nitrogens with one attached hydrogen (secondary N) is 1. The van der Waals surface area contributed by atoms with E-state index in [0.29, 0.717) is 0 Å². The van der Waals surface area contributed by atoms with Crippen LogP contribution in [0.5, 0.6) is 0 Å². The van der Waals surface area contributed by atoms with Crippen molar-refractivity contribution in [3.63, 3.8) is 0 Å². The summed E-state index contributed by atoms with van der Waals surface area (Å²) in [7, 11) is 0. The van der Waals surface area contributed by atoms with Crippen molar-refractivity contribution in [1.82, 2.24) is 5.32 Å². The van der Waals surface area contributed by atoms with Crippen LogP contribution in [-0.2, 0) is 0 Å². The highest BCUT2D eigenvalue weighted by atomic mass is 14.8. The van der Waals surface area contributed by atoms with Crippen molar-refractivity contribution >= 4 is 0 Å². The van der Waals surface area contributed by atoms with Crippen molar-refractivity contribution < 1.29 is 0 Å². The van der Waals surface area contributed by atoms with Gasteiger partial charge in [-0.05, 0) is 32.4 Å². The highest BCUT2D eigenvalue weighted by Crippen LogP contribution is 2.04. The van der Waals surface area contributed by atoms with Crippen LogP contribution >= 0.6 is 0 Å². The normalized spacial score (nSPS) is 11.4. The summed E-state index contributed by atoms with van der Waals surface area (Å²) < 4.78 is 0. The second-order valence-electron chi connectivity index (χ2n) is 4.92. The molecule has 0 aliphatic rings. The molecule has 0 saturated heterocycles. The van der Waals surface area contributed by atoms with E-state index < -0.39 is 0 Å². The van der Waals surface area contributed by atoms with Crippen LogP contribution in [0.2, 0.25) is 0 Å². The van der Waals surface area contributed by atoms with Gasteiger partial charge >= 0.3 is 0 Å². The molecule has 0 saturated carbocycles. The van der Waals surface area contributed by atoms with Crippen LogP contribution in [0.4, 0.5) is 0 Å². The molecule has 0 radical (unpaired) electrons. The molecule has 0 unspecified atom stereocenters. The lowest BCUT2D eigenvalue weighted by atomic mass is 10.1. The van der Waals surface area contributed by atoms with E-state index in [0.717, 1.165) is 6.54 Å². The molecule has 17 heavy (non-hydrogen) atoms. The zero-order valence-corrected chi connectivity index (χ0v) is 12.1. The molecule has 0 bridgehead atoms. The Morgan fingerprint density at radius 3 is 2.06 bits per heavy atom. The summed E-state index contributed by atoms with van der Waals surface area (Å²) in [5.41, 5.74) is 0. The van der Waals surface area contributed by atoms with Gasteiger partial charge in [0.15, 0.2) is 0 Å². The first-order valence-corrected chi connectivity index (χ1v) is 7.77. The van der Waals surface area contributed by atoms with Gasteiger partial charge in [0.05, 0.1) is 0 Å². The molecule has 0 aromatic carbocycles. The topological polar surface area (TPSA) is 12.0 Å². The monoisotopic (exact) mass is 239 g/mol. The zero-order valence-electron chi connectivity index (χ0n) is 12.1. The third-order valence-corrected chi connectivity index (χ3v) is 3.09. The molecule has 1 nitrogen and oxygen atoms in total. The number of allylic oxidation sites excluding steroid dienone is 1. The van der Waals surface area contributed by atoms with Crippen LogP contribution in [0, 0.1) is 0 Å². The van der Waals surface area contributed by atoms with Crippen molar-refractivity contribution in [3.05, 3.63) is 12.2 Å². The van der Waals surface area contributed by atoms with Gasteiger partial charge in [-0.2, -0.15) is 0 Å². The summed E-state index contributed by atoms with van der Waals surface area (Å²) in [6.45, 7) is 6.87. The van der Waals surface area contributed by atoms with Crippen molar-refractivity contribution in [2.75, 3.05) is 13.1 Å². The van der Waals surface area contributed by atoms with Crippen molar-refractivity contribution in [1.29, 1.82) is 0 Å². The quantitative estimate of drug-likeness (QED) is 0.349. The molecule has 0 heterocycles. The van der Waals surface area contributed by atoms with Gasteiger partial charge in [0.25, 0.3) is 0 Å². The van der Waals surface area contributed by atoms with Crippen molar-refractivity contribution in [2.24, 2.45) is 0 Å². The summed E-state index contributed by atoms with van der Waals surface area (Å²) in [5, 5.41) is 3.52. The minimum absolute atomic E-state index is 1.15. The minimum Gasteiger partial charge on any atom is -0.316 e. The fraction of sp³-hybridized carbons (Fsp3) is 0.875. The average molecular weight is 239 g/mol. The highest BCUT2D eigenvalue weighted by Gasteiger charge is 1.89. The van der Waals surface area contributed by atoms with Crippen LogP contribution < -0.4 is 5.32 Å². The molecular formula is C16H33N. The van der Waals surface area contributed by atoms with Gasteiger partial charge in [-0.1, -0.05) is 70.9 Å². The maximum Gasteiger partial charge on any atom is -0.00143 e. The average Bonchev–Trinajstić information content (AvgIpc) is 2.35. The first-order valence-electron chi connectivity index (χ1n) is 7.77. The number of hydrogen-bond acceptors (Lipinski definition) is 1. The van der Waals surface area contributed by atoms with E-state index in [1.54, 1.807) is 0 Å².